The highest BCUT2D eigenvalue weighted by Gasteiger charge is 2.22. The molecule has 5 heteroatoms. The van der Waals surface area contributed by atoms with Gasteiger partial charge in [0, 0.05) is 19.6 Å². The van der Waals surface area contributed by atoms with E-state index in [1.807, 2.05) is 11.6 Å². The number of rotatable bonds is 5. The number of nitrogens with one attached hydrogen (secondary N) is 1. The van der Waals surface area contributed by atoms with E-state index in [-0.39, 0.29) is 0 Å². The molecule has 1 aliphatic heterocycles. The molecule has 90 valence electrons. The molecule has 1 aliphatic rings. The maximum atomic E-state index is 4.06. The fraction of sp³-hybridized carbons (Fsp3) is 0.818. The van der Waals surface area contributed by atoms with Crippen LogP contribution in [0, 0.1) is 0 Å². The minimum absolute atomic E-state index is 0.707. The minimum atomic E-state index is 0.707. The lowest BCUT2D eigenvalue weighted by molar-refractivity contribution is 0.259. The third-order valence-corrected chi connectivity index (χ3v) is 3.37. The molecular weight excluding hydrogens is 202 g/mol. The van der Waals surface area contributed by atoms with E-state index in [0.717, 1.165) is 25.5 Å². The fourth-order valence-corrected chi connectivity index (χ4v) is 2.36. The van der Waals surface area contributed by atoms with Gasteiger partial charge in [-0.3, -0.25) is 4.90 Å². The van der Waals surface area contributed by atoms with Gasteiger partial charge in [-0.05, 0) is 25.9 Å². The largest absolute Gasteiger partial charge is 0.320 e. The first-order valence-corrected chi connectivity index (χ1v) is 6.09. The maximum Gasteiger partial charge on any atom is 0.146 e. The van der Waals surface area contributed by atoms with Gasteiger partial charge in [-0.25, -0.2) is 0 Å². The summed E-state index contributed by atoms with van der Waals surface area (Å²) in [5.41, 5.74) is 0. The molecule has 0 aromatic carbocycles. The zero-order valence-corrected chi connectivity index (χ0v) is 10.2. The Morgan fingerprint density at radius 1 is 1.56 bits per heavy atom. The van der Waals surface area contributed by atoms with Gasteiger partial charge in [-0.2, -0.15) is 0 Å². The van der Waals surface area contributed by atoms with E-state index < -0.39 is 0 Å². The SMILES string of the molecule is CCN1CCCC1CNCc1nncn1C. The second-order valence-electron chi connectivity index (χ2n) is 4.41. The normalized spacial score (nSPS) is 21.8. The Hall–Kier alpha value is -0.940. The molecule has 0 saturated carbocycles. The van der Waals surface area contributed by atoms with Gasteiger partial charge >= 0.3 is 0 Å². The molecule has 0 amide bonds. The van der Waals surface area contributed by atoms with Crippen LogP contribution in [0.5, 0.6) is 0 Å². The molecule has 1 saturated heterocycles. The summed E-state index contributed by atoms with van der Waals surface area (Å²) in [6.07, 6.45) is 4.40. The van der Waals surface area contributed by atoms with E-state index in [2.05, 4.69) is 27.3 Å². The molecule has 5 nitrogen and oxygen atoms in total. The van der Waals surface area contributed by atoms with E-state index in [0.29, 0.717) is 6.04 Å². The van der Waals surface area contributed by atoms with Gasteiger partial charge in [-0.15, -0.1) is 10.2 Å². The predicted octanol–water partition coefficient (Wildman–Crippen LogP) is 0.389. The van der Waals surface area contributed by atoms with Crippen molar-refractivity contribution in [3.63, 3.8) is 0 Å². The van der Waals surface area contributed by atoms with Gasteiger partial charge in [0.15, 0.2) is 0 Å². The topological polar surface area (TPSA) is 46.0 Å². The zero-order chi connectivity index (χ0) is 11.4. The van der Waals surface area contributed by atoms with Crippen LogP contribution < -0.4 is 5.32 Å². The molecule has 0 radical (unpaired) electrons. The van der Waals surface area contributed by atoms with Crippen LogP contribution in [0.4, 0.5) is 0 Å². The molecule has 2 heterocycles. The molecule has 1 aromatic heterocycles. The molecule has 0 bridgehead atoms. The van der Waals surface area contributed by atoms with Crippen LogP contribution >= 0.6 is 0 Å². The Morgan fingerprint density at radius 3 is 3.12 bits per heavy atom. The number of hydrogen-bond donors (Lipinski definition) is 1. The second-order valence-corrected chi connectivity index (χ2v) is 4.41. The van der Waals surface area contributed by atoms with Crippen LogP contribution in [0.25, 0.3) is 0 Å². The number of likely N-dealkylation sites (tertiary alicyclic amines) is 1. The molecule has 1 aromatic rings. The van der Waals surface area contributed by atoms with Crippen molar-refractivity contribution in [2.24, 2.45) is 7.05 Å². The van der Waals surface area contributed by atoms with Gasteiger partial charge < -0.3 is 9.88 Å². The Bertz CT molecular complexity index is 322. The summed E-state index contributed by atoms with van der Waals surface area (Å²) in [5.74, 6) is 1.00. The van der Waals surface area contributed by atoms with E-state index in [4.69, 9.17) is 0 Å². The third kappa shape index (κ3) is 2.59. The lowest BCUT2D eigenvalue weighted by Crippen LogP contribution is -2.37. The molecule has 1 fully saturated rings. The molecule has 0 spiro atoms. The van der Waals surface area contributed by atoms with Crippen LogP contribution in [0.1, 0.15) is 25.6 Å². The van der Waals surface area contributed by atoms with Gasteiger partial charge in [0.1, 0.15) is 12.2 Å². The summed E-state index contributed by atoms with van der Waals surface area (Å²) in [6.45, 7) is 6.52. The molecule has 1 N–H and O–H groups in total. The van der Waals surface area contributed by atoms with E-state index >= 15 is 0 Å². The molecule has 16 heavy (non-hydrogen) atoms. The first kappa shape index (κ1) is 11.5. The van der Waals surface area contributed by atoms with Crippen molar-refractivity contribution in [3.05, 3.63) is 12.2 Å². The zero-order valence-electron chi connectivity index (χ0n) is 10.2. The Labute approximate surface area is 96.8 Å². The number of aryl methyl sites for hydroxylation is 1. The lowest BCUT2D eigenvalue weighted by atomic mass is 10.2. The molecular formula is C11H21N5. The highest BCUT2D eigenvalue weighted by Crippen LogP contribution is 2.15. The Kier molecular flexibility index (Phi) is 3.90. The monoisotopic (exact) mass is 223 g/mol. The Morgan fingerprint density at radius 2 is 2.44 bits per heavy atom. The molecule has 1 unspecified atom stereocenters. The number of aromatic nitrogens is 3. The van der Waals surface area contributed by atoms with Crippen LogP contribution in [0.3, 0.4) is 0 Å². The average Bonchev–Trinajstić information content (AvgIpc) is 2.88. The second kappa shape index (κ2) is 5.41. The van der Waals surface area contributed by atoms with E-state index in [1.54, 1.807) is 6.33 Å². The first-order chi connectivity index (χ1) is 7.81. The van der Waals surface area contributed by atoms with Gasteiger partial charge in [-0.1, -0.05) is 6.92 Å². The Balaban J connectivity index is 1.74. The van der Waals surface area contributed by atoms with Crippen molar-refractivity contribution in [1.82, 2.24) is 25.0 Å². The van der Waals surface area contributed by atoms with Crippen LogP contribution in [-0.4, -0.2) is 45.3 Å². The predicted molar refractivity (Wildman–Crippen MR) is 63.0 cm³/mol. The third-order valence-electron chi connectivity index (χ3n) is 3.37. The lowest BCUT2D eigenvalue weighted by Gasteiger charge is -2.22. The van der Waals surface area contributed by atoms with Crippen molar-refractivity contribution in [2.45, 2.75) is 32.4 Å². The molecule has 1 atom stereocenters. The van der Waals surface area contributed by atoms with Crippen molar-refractivity contribution in [2.75, 3.05) is 19.6 Å². The highest BCUT2D eigenvalue weighted by molar-refractivity contribution is 4.85. The first-order valence-electron chi connectivity index (χ1n) is 6.09. The maximum absolute atomic E-state index is 4.06. The van der Waals surface area contributed by atoms with Crippen molar-refractivity contribution >= 4 is 0 Å². The van der Waals surface area contributed by atoms with Crippen LogP contribution in [0.2, 0.25) is 0 Å². The van der Waals surface area contributed by atoms with Crippen molar-refractivity contribution in [1.29, 1.82) is 0 Å². The number of likely N-dealkylation sites (N-methyl/N-ethyl adjacent to an activating group) is 1. The number of nitrogens with zero attached hydrogens (tertiary/aromatic N) is 4. The fourth-order valence-electron chi connectivity index (χ4n) is 2.36. The molecule has 0 aliphatic carbocycles. The standard InChI is InChI=1S/C11H21N5/c1-3-16-6-4-5-10(16)7-12-8-11-14-13-9-15(11)2/h9-10,12H,3-8H2,1-2H3. The van der Waals surface area contributed by atoms with E-state index in [9.17, 15) is 0 Å². The quantitative estimate of drug-likeness (QED) is 0.784. The number of hydrogen-bond acceptors (Lipinski definition) is 4. The van der Waals surface area contributed by atoms with Crippen LogP contribution in [-0.2, 0) is 13.6 Å². The van der Waals surface area contributed by atoms with Gasteiger partial charge in [0.25, 0.3) is 0 Å². The van der Waals surface area contributed by atoms with Gasteiger partial charge in [0.2, 0.25) is 0 Å². The summed E-state index contributed by atoms with van der Waals surface area (Å²) in [6, 6.07) is 0.707. The summed E-state index contributed by atoms with van der Waals surface area (Å²) in [4.78, 5) is 2.55. The smallest absolute Gasteiger partial charge is 0.146 e. The van der Waals surface area contributed by atoms with Crippen molar-refractivity contribution in [3.8, 4) is 0 Å². The summed E-state index contributed by atoms with van der Waals surface area (Å²) >= 11 is 0. The average molecular weight is 223 g/mol. The summed E-state index contributed by atoms with van der Waals surface area (Å²) in [5, 5.41) is 11.4. The summed E-state index contributed by atoms with van der Waals surface area (Å²) < 4.78 is 1.96. The highest BCUT2D eigenvalue weighted by atomic mass is 15.3. The van der Waals surface area contributed by atoms with Gasteiger partial charge in [0.05, 0.1) is 6.54 Å². The minimum Gasteiger partial charge on any atom is -0.320 e. The summed E-state index contributed by atoms with van der Waals surface area (Å²) in [7, 11) is 1.98. The van der Waals surface area contributed by atoms with E-state index in [1.165, 1.54) is 19.4 Å². The van der Waals surface area contributed by atoms with Crippen molar-refractivity contribution < 1.29 is 0 Å². The van der Waals surface area contributed by atoms with Crippen LogP contribution in [0.15, 0.2) is 6.33 Å². The molecule has 2 rings (SSSR count).